The second kappa shape index (κ2) is 11.4. The lowest BCUT2D eigenvalue weighted by atomic mass is 9.99. The van der Waals surface area contributed by atoms with Crippen LogP contribution in [0.4, 0.5) is 17.6 Å². The summed E-state index contributed by atoms with van der Waals surface area (Å²) in [6.45, 7) is -2.29. The van der Waals surface area contributed by atoms with E-state index in [2.05, 4.69) is 25.3 Å². The van der Waals surface area contributed by atoms with E-state index < -0.39 is 55.0 Å². The van der Waals surface area contributed by atoms with Crippen LogP contribution in [-0.4, -0.2) is 64.4 Å². The highest BCUT2D eigenvalue weighted by Gasteiger charge is 2.46. The standard InChI is InChI=1S/C31H27F4N5O4/c1-16(24-11-17-13-36-10-9-23(17)39-24)38-29(43)25-12-18(44-30(32)33)15-40(25)26(41)14-37-28(42)20-6-4-8-22-27(20)19-5-2-3-7-21(19)31(22,34)35/h2-11,13,16,18,25,30,39H,12,14-15H2,1H3,(H,37,42)(H,38,43)/t16?,18-,25+/m1/s1. The lowest BCUT2D eigenvalue weighted by Gasteiger charge is -2.25. The van der Waals surface area contributed by atoms with Crippen LogP contribution in [0, 0.1) is 0 Å². The van der Waals surface area contributed by atoms with Gasteiger partial charge in [0, 0.05) is 64.2 Å². The molecule has 3 heterocycles. The SMILES string of the molecule is CC(NC(=O)[C@@H]1C[C@@H](OC(F)F)CN1C(=O)CNC(=O)c1cccc2c1-c1ccccc1C2(F)F)c1cc2cnccc2[nH]1. The fraction of sp³-hybridized carbons (Fsp3) is 0.290. The van der Waals surface area contributed by atoms with Crippen molar-refractivity contribution in [2.24, 2.45) is 0 Å². The van der Waals surface area contributed by atoms with E-state index in [0.29, 0.717) is 5.69 Å². The highest BCUT2D eigenvalue weighted by molar-refractivity contribution is 6.05. The predicted molar refractivity (Wildman–Crippen MR) is 151 cm³/mol. The number of aromatic amines is 1. The van der Waals surface area contributed by atoms with Gasteiger partial charge in [0.15, 0.2) is 0 Å². The first-order valence-electron chi connectivity index (χ1n) is 13.9. The number of aromatic nitrogens is 2. The molecule has 13 heteroatoms. The normalized spacial score (nSPS) is 19.1. The molecular formula is C31H27F4N5O4. The van der Waals surface area contributed by atoms with Gasteiger partial charge in [-0.3, -0.25) is 19.4 Å². The van der Waals surface area contributed by atoms with Gasteiger partial charge in [0.25, 0.3) is 11.8 Å². The number of nitrogens with one attached hydrogen (secondary N) is 3. The summed E-state index contributed by atoms with van der Waals surface area (Å²) in [4.78, 5) is 48.2. The van der Waals surface area contributed by atoms with Crippen LogP contribution in [0.5, 0.6) is 0 Å². The third kappa shape index (κ3) is 5.27. The molecule has 1 aliphatic carbocycles. The van der Waals surface area contributed by atoms with E-state index in [-0.39, 0.29) is 40.8 Å². The van der Waals surface area contributed by atoms with Crippen molar-refractivity contribution in [2.45, 2.75) is 44.1 Å². The van der Waals surface area contributed by atoms with Crippen molar-refractivity contribution in [1.29, 1.82) is 0 Å². The van der Waals surface area contributed by atoms with Crippen molar-refractivity contribution in [3.05, 3.63) is 89.4 Å². The maximum atomic E-state index is 15.1. The van der Waals surface area contributed by atoms with E-state index in [4.69, 9.17) is 0 Å². The Hall–Kier alpha value is -4.78. The summed E-state index contributed by atoms with van der Waals surface area (Å²) in [5, 5.41) is 6.09. The van der Waals surface area contributed by atoms with Crippen molar-refractivity contribution < 1.29 is 36.7 Å². The molecule has 3 amide bonds. The summed E-state index contributed by atoms with van der Waals surface area (Å²) in [6, 6.07) is 11.8. The number of nitrogens with zero attached hydrogens (tertiary/aromatic N) is 2. The molecule has 2 aliphatic rings. The molecule has 3 N–H and O–H groups in total. The Morgan fingerprint density at radius 3 is 2.66 bits per heavy atom. The van der Waals surface area contributed by atoms with Crippen LogP contribution in [0.1, 0.15) is 46.6 Å². The molecule has 228 valence electrons. The van der Waals surface area contributed by atoms with Crippen LogP contribution in [0.15, 0.2) is 67.0 Å². The molecular weight excluding hydrogens is 582 g/mol. The van der Waals surface area contributed by atoms with Gasteiger partial charge in [-0.1, -0.05) is 36.4 Å². The number of H-pyrrole nitrogens is 1. The number of fused-ring (bicyclic) bond motifs is 4. The Morgan fingerprint density at radius 2 is 1.89 bits per heavy atom. The molecule has 1 aliphatic heterocycles. The number of carbonyl (C=O) groups is 3. The minimum atomic E-state index is -3.30. The monoisotopic (exact) mass is 609 g/mol. The fourth-order valence-electron chi connectivity index (χ4n) is 5.95. The molecule has 9 nitrogen and oxygen atoms in total. The summed E-state index contributed by atoms with van der Waals surface area (Å²) >= 11 is 0. The Kier molecular flexibility index (Phi) is 7.58. The summed E-state index contributed by atoms with van der Waals surface area (Å²) in [5.74, 6) is -5.38. The number of pyridine rings is 1. The number of likely N-dealkylation sites (tertiary alicyclic amines) is 1. The quantitative estimate of drug-likeness (QED) is 0.255. The molecule has 0 saturated carbocycles. The third-order valence-corrected chi connectivity index (χ3v) is 8.03. The number of ether oxygens (including phenoxy) is 1. The summed E-state index contributed by atoms with van der Waals surface area (Å²) in [5.41, 5.74) is 1.19. The number of hydrogen-bond acceptors (Lipinski definition) is 5. The molecule has 44 heavy (non-hydrogen) atoms. The molecule has 2 aromatic heterocycles. The number of hydrogen-bond donors (Lipinski definition) is 3. The first-order chi connectivity index (χ1) is 21.0. The number of rotatable bonds is 8. The second-order valence-electron chi connectivity index (χ2n) is 10.8. The van der Waals surface area contributed by atoms with Gasteiger partial charge in [-0.05, 0) is 30.7 Å². The third-order valence-electron chi connectivity index (χ3n) is 8.03. The van der Waals surface area contributed by atoms with E-state index in [1.807, 2.05) is 6.07 Å². The maximum Gasteiger partial charge on any atom is 0.345 e. The lowest BCUT2D eigenvalue weighted by molar-refractivity contribution is -0.160. The molecule has 2 aromatic carbocycles. The number of amides is 3. The average Bonchev–Trinajstić information content (AvgIpc) is 3.69. The number of alkyl halides is 4. The molecule has 0 radical (unpaired) electrons. The minimum absolute atomic E-state index is 0.0445. The largest absolute Gasteiger partial charge is 0.357 e. The van der Waals surface area contributed by atoms with Crippen molar-refractivity contribution in [1.82, 2.24) is 25.5 Å². The van der Waals surface area contributed by atoms with Crippen molar-refractivity contribution >= 4 is 28.6 Å². The number of carbonyl (C=O) groups excluding carboxylic acids is 3. The zero-order valence-electron chi connectivity index (χ0n) is 23.3. The topological polar surface area (TPSA) is 116 Å². The van der Waals surface area contributed by atoms with E-state index in [1.54, 1.807) is 31.5 Å². The van der Waals surface area contributed by atoms with E-state index in [1.165, 1.54) is 36.4 Å². The lowest BCUT2D eigenvalue weighted by Crippen LogP contribution is -2.49. The van der Waals surface area contributed by atoms with Gasteiger partial charge in [0.05, 0.1) is 18.7 Å². The smallest absolute Gasteiger partial charge is 0.345 e. The Bertz CT molecular complexity index is 1730. The van der Waals surface area contributed by atoms with Gasteiger partial charge in [-0.25, -0.2) is 0 Å². The first kappa shape index (κ1) is 29.3. The Balaban J connectivity index is 1.17. The van der Waals surface area contributed by atoms with Crippen LogP contribution in [0.25, 0.3) is 22.0 Å². The van der Waals surface area contributed by atoms with Gasteiger partial charge in [0.2, 0.25) is 11.8 Å². The molecule has 0 bridgehead atoms. The van der Waals surface area contributed by atoms with E-state index in [9.17, 15) is 23.2 Å². The van der Waals surface area contributed by atoms with Crippen LogP contribution in [0.2, 0.25) is 0 Å². The van der Waals surface area contributed by atoms with E-state index >= 15 is 8.78 Å². The molecule has 1 unspecified atom stereocenters. The van der Waals surface area contributed by atoms with E-state index in [0.717, 1.165) is 15.8 Å². The molecule has 3 atom stereocenters. The zero-order chi connectivity index (χ0) is 31.2. The van der Waals surface area contributed by atoms with Crippen LogP contribution >= 0.6 is 0 Å². The second-order valence-corrected chi connectivity index (χ2v) is 10.8. The van der Waals surface area contributed by atoms with Crippen molar-refractivity contribution in [3.63, 3.8) is 0 Å². The van der Waals surface area contributed by atoms with Gasteiger partial charge in [-0.2, -0.15) is 17.6 Å². The zero-order valence-corrected chi connectivity index (χ0v) is 23.3. The summed E-state index contributed by atoms with van der Waals surface area (Å²) < 4.78 is 60.9. The number of benzene rings is 2. The summed E-state index contributed by atoms with van der Waals surface area (Å²) in [7, 11) is 0. The molecule has 0 spiro atoms. The highest BCUT2D eigenvalue weighted by atomic mass is 19.3. The molecule has 6 rings (SSSR count). The minimum Gasteiger partial charge on any atom is -0.357 e. The molecule has 1 saturated heterocycles. The summed E-state index contributed by atoms with van der Waals surface area (Å²) in [6.07, 6.45) is 1.98. The Morgan fingerprint density at radius 1 is 1.11 bits per heavy atom. The van der Waals surface area contributed by atoms with Gasteiger partial charge in [0.1, 0.15) is 6.04 Å². The molecule has 1 fully saturated rings. The highest BCUT2D eigenvalue weighted by Crippen LogP contribution is 2.51. The number of halogens is 4. The van der Waals surface area contributed by atoms with Crippen molar-refractivity contribution in [2.75, 3.05) is 13.1 Å². The van der Waals surface area contributed by atoms with Gasteiger partial charge >= 0.3 is 6.61 Å². The maximum absolute atomic E-state index is 15.1. The van der Waals surface area contributed by atoms with Crippen LogP contribution in [-0.2, 0) is 20.2 Å². The fourth-order valence-corrected chi connectivity index (χ4v) is 5.95. The van der Waals surface area contributed by atoms with Gasteiger partial charge < -0.3 is 25.3 Å². The van der Waals surface area contributed by atoms with Gasteiger partial charge in [-0.15, -0.1) is 0 Å². The van der Waals surface area contributed by atoms with Crippen LogP contribution < -0.4 is 10.6 Å². The molecule has 4 aromatic rings. The Labute approximate surface area is 248 Å². The average molecular weight is 610 g/mol. The first-order valence-corrected chi connectivity index (χ1v) is 13.9. The predicted octanol–water partition coefficient (Wildman–Crippen LogP) is 4.50. The van der Waals surface area contributed by atoms with Crippen molar-refractivity contribution in [3.8, 4) is 11.1 Å². The van der Waals surface area contributed by atoms with Crippen LogP contribution in [0.3, 0.4) is 0 Å².